The van der Waals surface area contributed by atoms with Crippen LogP contribution in [-0.2, 0) is 6.42 Å². The smallest absolute Gasteiger partial charge is 0.319 e. The minimum absolute atomic E-state index is 0.217. The van der Waals surface area contributed by atoms with E-state index in [0.717, 1.165) is 86.1 Å². The molecule has 3 aliphatic heterocycles. The van der Waals surface area contributed by atoms with Crippen LogP contribution in [0.5, 0.6) is 6.01 Å². The summed E-state index contributed by atoms with van der Waals surface area (Å²) in [4.78, 5) is 17.6. The fourth-order valence-corrected chi connectivity index (χ4v) is 7.16. The minimum Gasteiger partial charge on any atom is -0.462 e. The Morgan fingerprint density at radius 3 is 2.76 bits per heavy atom. The number of hydrogen-bond acceptors (Lipinski definition) is 8. The van der Waals surface area contributed by atoms with Crippen LogP contribution < -0.4 is 20.7 Å². The summed E-state index contributed by atoms with van der Waals surface area (Å²) in [6.07, 6.45) is 7.47. The second kappa shape index (κ2) is 11.5. The van der Waals surface area contributed by atoms with Crippen LogP contribution in [0.15, 0.2) is 36.5 Å². The van der Waals surface area contributed by atoms with E-state index >= 15 is 4.39 Å². The first-order chi connectivity index (χ1) is 20.6. The largest absolute Gasteiger partial charge is 0.462 e. The fraction of sp³-hybridized carbons (Fsp3) is 0.469. The third-order valence-electron chi connectivity index (χ3n) is 9.19. The number of H-pyrrole nitrogens is 1. The molecule has 2 bridgehead atoms. The Morgan fingerprint density at radius 1 is 1.10 bits per heavy atom. The number of fused-ring (bicyclic) bond motifs is 4. The number of halogens is 1. The lowest BCUT2D eigenvalue weighted by Gasteiger charge is -2.34. The molecule has 2 aromatic heterocycles. The van der Waals surface area contributed by atoms with Gasteiger partial charge in [-0.25, -0.2) is 4.39 Å². The standard InChI is InChI=1S/C32H37FN8O/c33-29-24(26-16-36-27-6-1-4-20(11-13-35)28(26)27)9-10-25-30(29)38-32(42-19-23-5-2-14-40(23)15-3-12-34)39-31(25)41-17-21-7-8-22(18-41)37-21/h1,4,6,9-10,16,21-23,36-37H,2-3,5,7-8,11-12,14-15,17-19,34H2/t21?,22?,23-/m0/s1. The Kier molecular flexibility index (Phi) is 7.40. The van der Waals surface area contributed by atoms with Crippen molar-refractivity contribution < 1.29 is 9.13 Å². The summed E-state index contributed by atoms with van der Waals surface area (Å²) < 4.78 is 22.9. The van der Waals surface area contributed by atoms with Gasteiger partial charge >= 0.3 is 6.01 Å². The van der Waals surface area contributed by atoms with Gasteiger partial charge in [0.1, 0.15) is 17.9 Å². The predicted molar refractivity (Wildman–Crippen MR) is 162 cm³/mol. The van der Waals surface area contributed by atoms with Gasteiger partial charge < -0.3 is 25.7 Å². The summed E-state index contributed by atoms with van der Waals surface area (Å²) in [5, 5.41) is 14.6. The van der Waals surface area contributed by atoms with Crippen molar-refractivity contribution in [3.05, 3.63) is 47.9 Å². The van der Waals surface area contributed by atoms with Crippen molar-refractivity contribution in [2.45, 2.75) is 56.7 Å². The lowest BCUT2D eigenvalue weighted by Crippen LogP contribution is -2.51. The summed E-state index contributed by atoms with van der Waals surface area (Å²) in [7, 11) is 0. The number of piperazine rings is 1. The van der Waals surface area contributed by atoms with E-state index < -0.39 is 5.82 Å². The van der Waals surface area contributed by atoms with Crippen molar-refractivity contribution in [1.82, 2.24) is 25.2 Å². The molecule has 2 aromatic carbocycles. The van der Waals surface area contributed by atoms with Gasteiger partial charge in [0.2, 0.25) is 0 Å². The molecule has 0 saturated carbocycles. The topological polar surface area (TPSA) is 119 Å². The zero-order valence-electron chi connectivity index (χ0n) is 23.8. The van der Waals surface area contributed by atoms with Crippen LogP contribution in [0.25, 0.3) is 32.9 Å². The molecule has 218 valence electrons. The first-order valence-electron chi connectivity index (χ1n) is 15.2. The number of aromatic nitrogens is 3. The molecule has 4 aromatic rings. The van der Waals surface area contributed by atoms with E-state index in [4.69, 9.17) is 15.5 Å². The lowest BCUT2D eigenvalue weighted by molar-refractivity contribution is 0.164. The maximum atomic E-state index is 16.6. The van der Waals surface area contributed by atoms with E-state index in [2.05, 4.69) is 31.2 Å². The molecule has 2 unspecified atom stereocenters. The molecule has 9 nitrogen and oxygen atoms in total. The number of likely N-dealkylation sites (tertiary alicyclic amines) is 1. The number of nitrogens with zero attached hydrogens (tertiary/aromatic N) is 5. The maximum absolute atomic E-state index is 16.6. The van der Waals surface area contributed by atoms with Crippen molar-refractivity contribution in [3.63, 3.8) is 0 Å². The average Bonchev–Trinajstić information content (AvgIpc) is 3.73. The summed E-state index contributed by atoms with van der Waals surface area (Å²) in [5.74, 6) is 0.326. The molecule has 0 radical (unpaired) electrons. The van der Waals surface area contributed by atoms with Crippen LogP contribution >= 0.6 is 0 Å². The van der Waals surface area contributed by atoms with Crippen molar-refractivity contribution in [3.8, 4) is 23.2 Å². The predicted octanol–water partition coefficient (Wildman–Crippen LogP) is 4.12. The number of nitrogens with two attached hydrogens (primary N) is 1. The van der Waals surface area contributed by atoms with Gasteiger partial charge in [-0.05, 0) is 69.4 Å². The van der Waals surface area contributed by atoms with Crippen molar-refractivity contribution >= 4 is 27.6 Å². The quantitative estimate of drug-likeness (QED) is 0.276. The highest BCUT2D eigenvalue weighted by Gasteiger charge is 2.34. The highest BCUT2D eigenvalue weighted by molar-refractivity contribution is 6.01. The molecular formula is C32H37FN8O. The van der Waals surface area contributed by atoms with Gasteiger partial charge in [0.25, 0.3) is 0 Å². The van der Waals surface area contributed by atoms with Crippen LogP contribution in [-0.4, -0.2) is 77.3 Å². The third-order valence-corrected chi connectivity index (χ3v) is 9.19. The van der Waals surface area contributed by atoms with Gasteiger partial charge in [0.15, 0.2) is 5.82 Å². The minimum atomic E-state index is -0.405. The van der Waals surface area contributed by atoms with Crippen LogP contribution in [0.3, 0.4) is 0 Å². The molecular weight excluding hydrogens is 531 g/mol. The van der Waals surface area contributed by atoms with E-state index in [-0.39, 0.29) is 24.0 Å². The van der Waals surface area contributed by atoms with Crippen LogP contribution in [0.2, 0.25) is 0 Å². The van der Waals surface area contributed by atoms with Gasteiger partial charge in [0.05, 0.1) is 12.5 Å². The molecule has 0 spiro atoms. The third kappa shape index (κ3) is 4.96. The maximum Gasteiger partial charge on any atom is 0.319 e. The number of benzene rings is 2. The van der Waals surface area contributed by atoms with Crippen molar-refractivity contribution in [1.29, 1.82) is 5.26 Å². The highest BCUT2D eigenvalue weighted by Crippen LogP contribution is 2.38. The van der Waals surface area contributed by atoms with Crippen LogP contribution in [0, 0.1) is 17.1 Å². The molecule has 10 heteroatoms. The first-order valence-corrected chi connectivity index (χ1v) is 15.2. The fourth-order valence-electron chi connectivity index (χ4n) is 7.16. The number of rotatable bonds is 9. The molecule has 0 aliphatic carbocycles. The van der Waals surface area contributed by atoms with Gasteiger partial charge in [-0.15, -0.1) is 0 Å². The zero-order valence-corrected chi connectivity index (χ0v) is 23.8. The molecule has 3 atom stereocenters. The molecule has 0 amide bonds. The molecule has 4 N–H and O–H groups in total. The summed E-state index contributed by atoms with van der Waals surface area (Å²) in [6, 6.07) is 13.1. The number of ether oxygens (including phenoxy) is 1. The number of anilines is 1. The first kappa shape index (κ1) is 27.1. The van der Waals surface area contributed by atoms with Crippen LogP contribution in [0.4, 0.5) is 10.2 Å². The van der Waals surface area contributed by atoms with Crippen LogP contribution in [0.1, 0.15) is 37.7 Å². The number of aromatic amines is 1. The lowest BCUT2D eigenvalue weighted by atomic mass is 9.98. The van der Waals surface area contributed by atoms with E-state index in [1.165, 1.54) is 0 Å². The molecule has 7 rings (SSSR count). The van der Waals surface area contributed by atoms with E-state index in [1.807, 2.05) is 36.5 Å². The van der Waals surface area contributed by atoms with Crippen molar-refractivity contribution in [2.75, 3.05) is 44.2 Å². The Balaban J connectivity index is 1.29. The summed E-state index contributed by atoms with van der Waals surface area (Å²) in [5.41, 5.74) is 8.92. The van der Waals surface area contributed by atoms with Crippen molar-refractivity contribution in [2.24, 2.45) is 5.73 Å². The van der Waals surface area contributed by atoms with E-state index in [1.54, 1.807) is 0 Å². The van der Waals surface area contributed by atoms with Gasteiger partial charge in [-0.1, -0.05) is 18.2 Å². The second-order valence-electron chi connectivity index (χ2n) is 11.9. The average molecular weight is 569 g/mol. The molecule has 5 heterocycles. The monoisotopic (exact) mass is 568 g/mol. The second-order valence-corrected chi connectivity index (χ2v) is 11.9. The van der Waals surface area contributed by atoms with E-state index in [9.17, 15) is 5.26 Å². The molecule has 3 saturated heterocycles. The highest BCUT2D eigenvalue weighted by atomic mass is 19.1. The molecule has 3 aliphatic rings. The summed E-state index contributed by atoms with van der Waals surface area (Å²) >= 11 is 0. The molecule has 3 fully saturated rings. The Bertz CT molecular complexity index is 1640. The van der Waals surface area contributed by atoms with E-state index in [0.29, 0.717) is 36.2 Å². The van der Waals surface area contributed by atoms with Gasteiger partial charge in [-0.2, -0.15) is 15.2 Å². The normalized spacial score (nSPS) is 22.3. The Hall–Kier alpha value is -3.78. The number of nitriles is 1. The SMILES string of the molecule is N#CCc1cccc2[nH]cc(-c3ccc4c(N5CC6CCC(C5)N6)nc(OC[C@@H]5CCCN5CCCN)nc4c3F)c12. The van der Waals surface area contributed by atoms with Gasteiger partial charge in [0, 0.05) is 64.8 Å². The number of hydrogen-bond donors (Lipinski definition) is 3. The Labute approximate surface area is 244 Å². The zero-order chi connectivity index (χ0) is 28.6. The summed E-state index contributed by atoms with van der Waals surface area (Å²) in [6.45, 7) is 4.77. The Morgan fingerprint density at radius 2 is 1.95 bits per heavy atom. The molecule has 42 heavy (non-hydrogen) atoms. The number of nitrogens with one attached hydrogen (secondary N) is 2. The van der Waals surface area contributed by atoms with Gasteiger partial charge in [-0.3, -0.25) is 4.90 Å².